The first-order chi connectivity index (χ1) is 10.7. The Morgan fingerprint density at radius 1 is 1.23 bits per heavy atom. The van der Waals surface area contributed by atoms with Gasteiger partial charge in [0.1, 0.15) is 11.8 Å². The van der Waals surface area contributed by atoms with E-state index < -0.39 is 6.10 Å². The number of aliphatic hydroxyl groups excluding tert-OH is 1. The van der Waals surface area contributed by atoms with Crippen LogP contribution in [0.2, 0.25) is 5.02 Å². The molecule has 0 aliphatic rings. The molecule has 1 aromatic carbocycles. The molecular formula is C16H13ClN2O3. The van der Waals surface area contributed by atoms with E-state index in [2.05, 4.69) is 10.1 Å². The number of nitrogens with zero attached hydrogens (tertiary/aromatic N) is 2. The lowest BCUT2D eigenvalue weighted by Gasteiger charge is -2.11. The van der Waals surface area contributed by atoms with Crippen LogP contribution in [0.3, 0.4) is 0 Å². The van der Waals surface area contributed by atoms with Gasteiger partial charge in [0.05, 0.1) is 12.7 Å². The highest BCUT2D eigenvalue weighted by molar-refractivity contribution is 6.30. The minimum Gasteiger partial charge on any atom is -0.467 e. The third-order valence-electron chi connectivity index (χ3n) is 3.27. The van der Waals surface area contributed by atoms with Crippen molar-refractivity contribution in [2.75, 3.05) is 7.11 Å². The van der Waals surface area contributed by atoms with Gasteiger partial charge in [-0.2, -0.15) is 0 Å². The lowest BCUT2D eigenvalue weighted by molar-refractivity contribution is 0.202. The van der Waals surface area contributed by atoms with Crippen LogP contribution in [0, 0.1) is 0 Å². The summed E-state index contributed by atoms with van der Waals surface area (Å²) in [7, 11) is 1.46. The van der Waals surface area contributed by atoms with Crippen LogP contribution in [0.15, 0.2) is 53.3 Å². The normalized spacial score (nSPS) is 12.1. The van der Waals surface area contributed by atoms with Crippen LogP contribution in [-0.2, 0) is 0 Å². The summed E-state index contributed by atoms with van der Waals surface area (Å²) in [6.45, 7) is 0. The maximum Gasteiger partial charge on any atom is 0.317 e. The van der Waals surface area contributed by atoms with Crippen molar-refractivity contribution < 1.29 is 14.4 Å². The number of aromatic nitrogens is 2. The summed E-state index contributed by atoms with van der Waals surface area (Å²) in [4.78, 5) is 4.02. The molecule has 2 aromatic heterocycles. The predicted octanol–water partition coefficient (Wildman–Crippen LogP) is 3.48. The van der Waals surface area contributed by atoms with Gasteiger partial charge in [-0.15, -0.1) is 0 Å². The van der Waals surface area contributed by atoms with Gasteiger partial charge in [0, 0.05) is 28.5 Å². The lowest BCUT2D eigenvalue weighted by atomic mass is 9.99. The summed E-state index contributed by atoms with van der Waals surface area (Å²) in [5, 5.41) is 15.3. The molecule has 0 aliphatic carbocycles. The molecule has 112 valence electrons. The molecule has 0 fully saturated rings. The monoisotopic (exact) mass is 316 g/mol. The first-order valence-corrected chi connectivity index (χ1v) is 6.96. The number of rotatable bonds is 4. The molecule has 3 aromatic rings. The summed E-state index contributed by atoms with van der Waals surface area (Å²) in [5.41, 5.74) is 2.36. The SMILES string of the molecule is COc1onc(-c2ccc(Cl)cc2)c1C(O)c1cccnc1. The summed E-state index contributed by atoms with van der Waals surface area (Å²) in [5.74, 6) is 0.168. The highest BCUT2D eigenvalue weighted by Gasteiger charge is 2.26. The maximum absolute atomic E-state index is 10.6. The van der Waals surface area contributed by atoms with Crippen molar-refractivity contribution >= 4 is 11.6 Å². The summed E-state index contributed by atoms with van der Waals surface area (Å²) in [6.07, 6.45) is 2.27. The largest absolute Gasteiger partial charge is 0.467 e. The van der Waals surface area contributed by atoms with E-state index in [1.165, 1.54) is 7.11 Å². The van der Waals surface area contributed by atoms with Gasteiger partial charge in [0.25, 0.3) is 0 Å². The van der Waals surface area contributed by atoms with Gasteiger partial charge in [0.15, 0.2) is 0 Å². The zero-order chi connectivity index (χ0) is 15.5. The summed E-state index contributed by atoms with van der Waals surface area (Å²) in [6, 6.07) is 10.6. The number of hydrogen-bond donors (Lipinski definition) is 1. The van der Waals surface area contributed by atoms with Crippen LogP contribution in [0.4, 0.5) is 0 Å². The molecule has 0 saturated heterocycles. The van der Waals surface area contributed by atoms with Gasteiger partial charge in [-0.3, -0.25) is 4.98 Å². The molecule has 5 nitrogen and oxygen atoms in total. The lowest BCUT2D eigenvalue weighted by Crippen LogP contribution is -2.02. The van der Waals surface area contributed by atoms with Crippen molar-refractivity contribution in [2.24, 2.45) is 0 Å². The van der Waals surface area contributed by atoms with Crippen molar-refractivity contribution in [2.45, 2.75) is 6.10 Å². The molecule has 6 heteroatoms. The van der Waals surface area contributed by atoms with E-state index in [-0.39, 0.29) is 5.95 Å². The van der Waals surface area contributed by atoms with Crippen LogP contribution >= 0.6 is 11.6 Å². The number of pyridine rings is 1. The molecule has 2 heterocycles. The summed E-state index contributed by atoms with van der Waals surface area (Å²) >= 11 is 5.90. The van der Waals surface area contributed by atoms with E-state index in [9.17, 15) is 5.11 Å². The fourth-order valence-electron chi connectivity index (χ4n) is 2.19. The van der Waals surface area contributed by atoms with Crippen LogP contribution in [0.25, 0.3) is 11.3 Å². The number of halogens is 1. The van der Waals surface area contributed by atoms with Gasteiger partial charge in [-0.1, -0.05) is 35.0 Å². The minimum absolute atomic E-state index is 0.168. The molecular weight excluding hydrogens is 304 g/mol. The molecule has 3 rings (SSSR count). The van der Waals surface area contributed by atoms with Crippen LogP contribution in [-0.4, -0.2) is 22.4 Å². The van der Waals surface area contributed by atoms with E-state index in [1.807, 2.05) is 0 Å². The van der Waals surface area contributed by atoms with Gasteiger partial charge in [-0.05, 0) is 18.2 Å². The molecule has 1 unspecified atom stereocenters. The van der Waals surface area contributed by atoms with Gasteiger partial charge in [0.2, 0.25) is 0 Å². The van der Waals surface area contributed by atoms with E-state index in [1.54, 1.807) is 48.8 Å². The molecule has 1 N–H and O–H groups in total. The predicted molar refractivity (Wildman–Crippen MR) is 81.8 cm³/mol. The number of methoxy groups -OCH3 is 1. The second kappa shape index (κ2) is 6.17. The van der Waals surface area contributed by atoms with E-state index >= 15 is 0 Å². The third kappa shape index (κ3) is 2.68. The average molecular weight is 317 g/mol. The second-order valence-corrected chi connectivity index (χ2v) is 5.07. The van der Waals surface area contributed by atoms with Crippen molar-refractivity contribution in [1.29, 1.82) is 0 Å². The topological polar surface area (TPSA) is 68.4 Å². The number of hydrogen-bond acceptors (Lipinski definition) is 5. The fourth-order valence-corrected chi connectivity index (χ4v) is 2.32. The fraction of sp³-hybridized carbons (Fsp3) is 0.125. The van der Waals surface area contributed by atoms with Crippen LogP contribution < -0.4 is 4.74 Å². The molecule has 0 saturated carbocycles. The number of ether oxygens (including phenoxy) is 1. The maximum atomic E-state index is 10.6. The quantitative estimate of drug-likeness (QED) is 0.798. The highest BCUT2D eigenvalue weighted by atomic mass is 35.5. The Morgan fingerprint density at radius 2 is 2.00 bits per heavy atom. The second-order valence-electron chi connectivity index (χ2n) is 4.63. The van der Waals surface area contributed by atoms with Crippen molar-refractivity contribution in [3.63, 3.8) is 0 Å². The molecule has 0 spiro atoms. The van der Waals surface area contributed by atoms with Crippen LogP contribution in [0.5, 0.6) is 5.95 Å². The molecule has 1 atom stereocenters. The molecule has 0 amide bonds. The Balaban J connectivity index is 2.10. The Kier molecular flexibility index (Phi) is 4.09. The van der Waals surface area contributed by atoms with Gasteiger partial charge < -0.3 is 14.4 Å². The van der Waals surface area contributed by atoms with Crippen molar-refractivity contribution in [3.05, 3.63) is 64.9 Å². The average Bonchev–Trinajstić information content (AvgIpc) is 2.99. The molecule has 0 radical (unpaired) electrons. The minimum atomic E-state index is -0.958. The first kappa shape index (κ1) is 14.6. The Bertz CT molecular complexity index is 757. The molecule has 0 aliphatic heterocycles. The van der Waals surface area contributed by atoms with Gasteiger partial charge >= 0.3 is 5.95 Å². The number of aliphatic hydroxyl groups is 1. The Morgan fingerprint density at radius 3 is 2.64 bits per heavy atom. The van der Waals surface area contributed by atoms with Gasteiger partial charge in [-0.25, -0.2) is 0 Å². The van der Waals surface area contributed by atoms with E-state index in [0.29, 0.717) is 21.8 Å². The number of benzene rings is 1. The highest BCUT2D eigenvalue weighted by Crippen LogP contribution is 2.38. The first-order valence-electron chi connectivity index (χ1n) is 6.58. The third-order valence-corrected chi connectivity index (χ3v) is 3.52. The zero-order valence-corrected chi connectivity index (χ0v) is 12.5. The molecule has 0 bridgehead atoms. The summed E-state index contributed by atoms with van der Waals surface area (Å²) < 4.78 is 10.4. The van der Waals surface area contributed by atoms with Crippen LogP contribution in [0.1, 0.15) is 17.2 Å². The Labute approximate surface area is 132 Å². The van der Waals surface area contributed by atoms with E-state index in [4.69, 9.17) is 20.9 Å². The van der Waals surface area contributed by atoms with E-state index in [0.717, 1.165) is 5.56 Å². The zero-order valence-electron chi connectivity index (χ0n) is 11.7. The molecule has 22 heavy (non-hydrogen) atoms. The Hall–Kier alpha value is -2.37. The van der Waals surface area contributed by atoms with Crippen molar-refractivity contribution in [1.82, 2.24) is 10.1 Å². The standard InChI is InChI=1S/C16H13ClN2O3/c1-21-16-13(15(20)11-3-2-8-18-9-11)14(19-22-16)10-4-6-12(17)7-5-10/h2-9,15,20H,1H3. The van der Waals surface area contributed by atoms with Crippen molar-refractivity contribution in [3.8, 4) is 17.2 Å². The smallest absolute Gasteiger partial charge is 0.317 e.